The van der Waals surface area contributed by atoms with Gasteiger partial charge in [0.05, 0.1) is 6.10 Å². The summed E-state index contributed by atoms with van der Waals surface area (Å²) >= 11 is 0. The van der Waals surface area contributed by atoms with E-state index in [1.54, 1.807) is 0 Å². The molecule has 21 heavy (non-hydrogen) atoms. The van der Waals surface area contributed by atoms with Gasteiger partial charge in [0.25, 0.3) is 0 Å². The fraction of sp³-hybridized carbons (Fsp3) is 0.474. The zero-order valence-corrected chi connectivity index (χ0v) is 12.8. The molecule has 0 bridgehead atoms. The van der Waals surface area contributed by atoms with Gasteiger partial charge in [-0.25, -0.2) is 0 Å². The minimum absolute atomic E-state index is 0.498. The summed E-state index contributed by atoms with van der Waals surface area (Å²) in [6, 6.07) is 15.9. The Morgan fingerprint density at radius 3 is 2.81 bits per heavy atom. The van der Waals surface area contributed by atoms with Gasteiger partial charge in [-0.2, -0.15) is 0 Å². The van der Waals surface area contributed by atoms with Crippen molar-refractivity contribution in [2.24, 2.45) is 0 Å². The van der Waals surface area contributed by atoms with Crippen molar-refractivity contribution in [3.8, 4) is 0 Å². The Morgan fingerprint density at radius 1 is 1.19 bits per heavy atom. The SMILES string of the molecule is CNC(CCC1CCCO1)Cc1ccc2ccccc2c1. The predicted molar refractivity (Wildman–Crippen MR) is 88.7 cm³/mol. The molecule has 0 spiro atoms. The summed E-state index contributed by atoms with van der Waals surface area (Å²) in [7, 11) is 2.07. The van der Waals surface area contributed by atoms with Crippen molar-refractivity contribution < 1.29 is 4.74 Å². The molecule has 1 saturated heterocycles. The van der Waals surface area contributed by atoms with E-state index in [1.165, 1.54) is 42.0 Å². The molecule has 2 heteroatoms. The van der Waals surface area contributed by atoms with E-state index < -0.39 is 0 Å². The summed E-state index contributed by atoms with van der Waals surface area (Å²) < 4.78 is 5.73. The summed E-state index contributed by atoms with van der Waals surface area (Å²) in [5.41, 5.74) is 1.42. The van der Waals surface area contributed by atoms with E-state index in [-0.39, 0.29) is 0 Å². The number of benzene rings is 2. The number of hydrogen-bond donors (Lipinski definition) is 1. The van der Waals surface area contributed by atoms with Crippen molar-refractivity contribution in [3.63, 3.8) is 0 Å². The lowest BCUT2D eigenvalue weighted by Crippen LogP contribution is -2.28. The summed E-state index contributed by atoms with van der Waals surface area (Å²) in [5, 5.41) is 6.12. The third-order valence-electron chi connectivity index (χ3n) is 4.57. The second-order valence-corrected chi connectivity index (χ2v) is 6.08. The van der Waals surface area contributed by atoms with Gasteiger partial charge in [0.1, 0.15) is 0 Å². The Labute approximate surface area is 127 Å². The van der Waals surface area contributed by atoms with Gasteiger partial charge in [0.15, 0.2) is 0 Å². The fourth-order valence-electron chi connectivity index (χ4n) is 3.26. The highest BCUT2D eigenvalue weighted by Gasteiger charge is 2.17. The maximum atomic E-state index is 5.73. The maximum Gasteiger partial charge on any atom is 0.0576 e. The number of likely N-dealkylation sites (N-methyl/N-ethyl adjacent to an activating group) is 1. The molecule has 2 nitrogen and oxygen atoms in total. The van der Waals surface area contributed by atoms with E-state index in [0.29, 0.717) is 12.1 Å². The lowest BCUT2D eigenvalue weighted by molar-refractivity contribution is 0.0998. The second-order valence-electron chi connectivity index (χ2n) is 6.08. The molecule has 1 heterocycles. The Kier molecular flexibility index (Phi) is 4.89. The van der Waals surface area contributed by atoms with Crippen LogP contribution in [-0.4, -0.2) is 25.8 Å². The van der Waals surface area contributed by atoms with Gasteiger partial charge in [0.2, 0.25) is 0 Å². The van der Waals surface area contributed by atoms with E-state index in [2.05, 4.69) is 54.8 Å². The molecule has 0 amide bonds. The molecular formula is C19H25NO. The highest BCUT2D eigenvalue weighted by atomic mass is 16.5. The number of nitrogens with one attached hydrogen (secondary N) is 1. The van der Waals surface area contributed by atoms with Crippen LogP contribution in [0.15, 0.2) is 42.5 Å². The van der Waals surface area contributed by atoms with Gasteiger partial charge >= 0.3 is 0 Å². The van der Waals surface area contributed by atoms with Gasteiger partial charge in [0, 0.05) is 12.6 Å². The van der Waals surface area contributed by atoms with Crippen LogP contribution in [0.2, 0.25) is 0 Å². The summed E-state index contributed by atoms with van der Waals surface area (Å²) in [6.07, 6.45) is 6.44. The van der Waals surface area contributed by atoms with Crippen LogP contribution in [0, 0.1) is 0 Å². The average molecular weight is 283 g/mol. The van der Waals surface area contributed by atoms with Crippen LogP contribution in [0.5, 0.6) is 0 Å². The first kappa shape index (κ1) is 14.6. The van der Waals surface area contributed by atoms with Crippen molar-refractivity contribution in [1.82, 2.24) is 5.32 Å². The summed E-state index contributed by atoms with van der Waals surface area (Å²) in [6.45, 7) is 0.958. The Morgan fingerprint density at radius 2 is 2.05 bits per heavy atom. The van der Waals surface area contributed by atoms with E-state index >= 15 is 0 Å². The van der Waals surface area contributed by atoms with E-state index in [4.69, 9.17) is 4.74 Å². The van der Waals surface area contributed by atoms with Gasteiger partial charge in [-0.3, -0.25) is 0 Å². The minimum atomic E-state index is 0.498. The van der Waals surface area contributed by atoms with Gasteiger partial charge < -0.3 is 10.1 Å². The molecule has 112 valence electrons. The topological polar surface area (TPSA) is 21.3 Å². The molecular weight excluding hydrogens is 258 g/mol. The first-order valence-corrected chi connectivity index (χ1v) is 8.11. The molecule has 0 aliphatic carbocycles. The van der Waals surface area contributed by atoms with E-state index in [9.17, 15) is 0 Å². The third-order valence-corrected chi connectivity index (χ3v) is 4.57. The molecule has 1 aliphatic heterocycles. The van der Waals surface area contributed by atoms with Crippen LogP contribution in [-0.2, 0) is 11.2 Å². The Balaban J connectivity index is 1.61. The molecule has 2 aromatic carbocycles. The number of hydrogen-bond acceptors (Lipinski definition) is 2. The summed E-state index contributed by atoms with van der Waals surface area (Å²) in [5.74, 6) is 0. The fourth-order valence-corrected chi connectivity index (χ4v) is 3.26. The molecule has 2 aromatic rings. The molecule has 1 fully saturated rings. The van der Waals surface area contributed by atoms with Crippen molar-refractivity contribution in [2.45, 2.75) is 44.2 Å². The van der Waals surface area contributed by atoms with Crippen LogP contribution in [0.1, 0.15) is 31.2 Å². The van der Waals surface area contributed by atoms with Gasteiger partial charge in [-0.15, -0.1) is 0 Å². The van der Waals surface area contributed by atoms with Crippen molar-refractivity contribution >= 4 is 10.8 Å². The molecule has 2 atom stereocenters. The molecule has 2 unspecified atom stereocenters. The van der Waals surface area contributed by atoms with Crippen LogP contribution < -0.4 is 5.32 Å². The van der Waals surface area contributed by atoms with Crippen molar-refractivity contribution in [2.75, 3.05) is 13.7 Å². The molecule has 1 aliphatic rings. The van der Waals surface area contributed by atoms with Crippen molar-refractivity contribution in [1.29, 1.82) is 0 Å². The zero-order valence-electron chi connectivity index (χ0n) is 12.8. The predicted octanol–water partition coefficient (Wildman–Crippen LogP) is 3.93. The zero-order chi connectivity index (χ0) is 14.5. The highest BCUT2D eigenvalue weighted by Crippen LogP contribution is 2.20. The first-order chi connectivity index (χ1) is 10.3. The first-order valence-electron chi connectivity index (χ1n) is 8.11. The average Bonchev–Trinajstić information content (AvgIpc) is 3.04. The molecule has 0 aromatic heterocycles. The minimum Gasteiger partial charge on any atom is -0.378 e. The standard InChI is InChI=1S/C19H25NO/c1-20-18(10-11-19-7-4-12-21-19)14-15-8-9-16-5-2-3-6-17(16)13-15/h2-3,5-6,8-9,13,18-20H,4,7,10-12,14H2,1H3. The quantitative estimate of drug-likeness (QED) is 0.867. The smallest absolute Gasteiger partial charge is 0.0576 e. The van der Waals surface area contributed by atoms with Crippen LogP contribution >= 0.6 is 0 Å². The van der Waals surface area contributed by atoms with Crippen LogP contribution in [0.3, 0.4) is 0 Å². The van der Waals surface area contributed by atoms with Crippen LogP contribution in [0.25, 0.3) is 10.8 Å². The third kappa shape index (κ3) is 3.84. The van der Waals surface area contributed by atoms with Gasteiger partial charge in [-0.05, 0) is 55.5 Å². The molecule has 3 rings (SSSR count). The van der Waals surface area contributed by atoms with Crippen LogP contribution in [0.4, 0.5) is 0 Å². The normalized spacial score (nSPS) is 20.0. The van der Waals surface area contributed by atoms with Gasteiger partial charge in [-0.1, -0.05) is 42.5 Å². The highest BCUT2D eigenvalue weighted by molar-refractivity contribution is 5.82. The molecule has 1 N–H and O–H groups in total. The Hall–Kier alpha value is -1.38. The largest absolute Gasteiger partial charge is 0.378 e. The lowest BCUT2D eigenvalue weighted by Gasteiger charge is -2.18. The Bertz CT molecular complexity index is 575. The molecule has 0 radical (unpaired) electrons. The maximum absolute atomic E-state index is 5.73. The van der Waals surface area contributed by atoms with E-state index in [0.717, 1.165) is 13.0 Å². The number of ether oxygens (including phenoxy) is 1. The van der Waals surface area contributed by atoms with Crippen molar-refractivity contribution in [3.05, 3.63) is 48.0 Å². The summed E-state index contributed by atoms with van der Waals surface area (Å²) in [4.78, 5) is 0. The monoisotopic (exact) mass is 283 g/mol. The molecule has 0 saturated carbocycles. The lowest BCUT2D eigenvalue weighted by atomic mass is 9.97. The number of rotatable bonds is 6. The second kappa shape index (κ2) is 7.06. The number of fused-ring (bicyclic) bond motifs is 1. The van der Waals surface area contributed by atoms with E-state index in [1.807, 2.05) is 0 Å².